The van der Waals surface area contributed by atoms with Crippen molar-refractivity contribution in [1.82, 2.24) is 9.97 Å². The molecule has 9 heteroatoms. The molecule has 0 unspecified atom stereocenters. The molecule has 0 aromatic carbocycles. The highest BCUT2D eigenvalue weighted by molar-refractivity contribution is 9.10. The summed E-state index contributed by atoms with van der Waals surface area (Å²) in [5, 5.41) is 2.96. The lowest BCUT2D eigenvalue weighted by atomic mass is 10.1. The summed E-state index contributed by atoms with van der Waals surface area (Å²) in [6.45, 7) is 0. The van der Waals surface area contributed by atoms with Gasteiger partial charge in [-0.05, 0) is 60.7 Å². The van der Waals surface area contributed by atoms with Gasteiger partial charge in [-0.25, -0.2) is 4.98 Å². The van der Waals surface area contributed by atoms with Crippen LogP contribution < -0.4 is 0 Å². The highest BCUT2D eigenvalue weighted by atomic mass is 79.9. The number of amides is 1. The SMILES string of the molecule is [N-]=[N+]=NC(=O)c1nccc(C(=O)c2cccc(Br)n2)c1Br. The fourth-order valence-electron chi connectivity index (χ4n) is 1.53. The minimum Gasteiger partial charge on any atom is -0.287 e. The number of ketones is 1. The van der Waals surface area contributed by atoms with E-state index in [1.54, 1.807) is 18.2 Å². The van der Waals surface area contributed by atoms with E-state index in [1.807, 2.05) is 0 Å². The highest BCUT2D eigenvalue weighted by Crippen LogP contribution is 2.23. The van der Waals surface area contributed by atoms with Crippen molar-refractivity contribution in [3.63, 3.8) is 0 Å². The average Bonchev–Trinajstić information content (AvgIpc) is 2.47. The quantitative estimate of drug-likeness (QED) is 0.252. The third-order valence-electron chi connectivity index (χ3n) is 2.42. The van der Waals surface area contributed by atoms with Gasteiger partial charge in [0.05, 0.1) is 4.47 Å². The molecular formula is C12H5Br2N5O2. The number of hydrogen-bond donors (Lipinski definition) is 0. The number of rotatable bonds is 3. The van der Waals surface area contributed by atoms with Crippen LogP contribution in [0.4, 0.5) is 0 Å². The van der Waals surface area contributed by atoms with Crippen LogP contribution in [0.3, 0.4) is 0 Å². The summed E-state index contributed by atoms with van der Waals surface area (Å²) in [6, 6.07) is 6.36. The van der Waals surface area contributed by atoms with E-state index in [1.165, 1.54) is 12.3 Å². The predicted octanol–water partition coefficient (Wildman–Crippen LogP) is 3.68. The highest BCUT2D eigenvalue weighted by Gasteiger charge is 2.19. The van der Waals surface area contributed by atoms with Crippen LogP contribution in [0.25, 0.3) is 10.4 Å². The molecule has 0 aliphatic heterocycles. The van der Waals surface area contributed by atoms with Crippen LogP contribution in [0.15, 0.2) is 44.7 Å². The number of carbonyl (C=O) groups excluding carboxylic acids is 2. The summed E-state index contributed by atoms with van der Waals surface area (Å²) < 4.78 is 0.679. The molecule has 0 spiro atoms. The van der Waals surface area contributed by atoms with E-state index >= 15 is 0 Å². The Hall–Kier alpha value is -2.09. The van der Waals surface area contributed by atoms with E-state index in [-0.39, 0.29) is 27.2 Å². The number of pyridine rings is 2. The Morgan fingerprint density at radius 2 is 2.00 bits per heavy atom. The molecule has 7 nitrogen and oxygen atoms in total. The normalized spacial score (nSPS) is 9.81. The Morgan fingerprint density at radius 1 is 1.24 bits per heavy atom. The lowest BCUT2D eigenvalue weighted by Gasteiger charge is -2.06. The Kier molecular flexibility index (Phi) is 4.79. The number of hydrogen-bond acceptors (Lipinski definition) is 4. The van der Waals surface area contributed by atoms with E-state index < -0.39 is 5.91 Å². The van der Waals surface area contributed by atoms with Gasteiger partial charge in [0.2, 0.25) is 5.78 Å². The first-order valence-electron chi connectivity index (χ1n) is 5.45. The van der Waals surface area contributed by atoms with Crippen molar-refractivity contribution in [2.24, 2.45) is 5.11 Å². The Bertz CT molecular complexity index is 787. The minimum absolute atomic E-state index is 0.131. The number of nitrogens with zero attached hydrogens (tertiary/aromatic N) is 5. The van der Waals surface area contributed by atoms with Crippen molar-refractivity contribution in [3.05, 3.63) is 66.9 Å². The van der Waals surface area contributed by atoms with Gasteiger partial charge in [0, 0.05) is 16.7 Å². The minimum atomic E-state index is -0.874. The molecule has 0 atom stereocenters. The maximum Gasteiger partial charge on any atom is 0.268 e. The van der Waals surface area contributed by atoms with Gasteiger partial charge in [-0.2, -0.15) is 0 Å². The molecule has 0 saturated carbocycles. The van der Waals surface area contributed by atoms with Crippen molar-refractivity contribution in [2.45, 2.75) is 0 Å². The van der Waals surface area contributed by atoms with Gasteiger partial charge in [-0.15, -0.1) is 0 Å². The van der Waals surface area contributed by atoms with E-state index in [0.29, 0.717) is 4.60 Å². The molecule has 0 aliphatic carbocycles. The van der Waals surface area contributed by atoms with Crippen LogP contribution in [0.5, 0.6) is 0 Å². The van der Waals surface area contributed by atoms with Gasteiger partial charge in [-0.1, -0.05) is 6.07 Å². The van der Waals surface area contributed by atoms with Crippen molar-refractivity contribution in [3.8, 4) is 0 Å². The molecule has 2 rings (SSSR count). The molecule has 0 fully saturated rings. The second-order valence-corrected chi connectivity index (χ2v) is 5.30. The van der Waals surface area contributed by atoms with Crippen LogP contribution in [0.1, 0.15) is 26.5 Å². The standard InChI is InChI=1S/C12H5Br2N5O2/c13-8-3-1-2-7(17-8)11(20)6-4-5-16-10(9(6)14)12(21)18-19-15/h1-5H. The first kappa shape index (κ1) is 15.3. The molecule has 21 heavy (non-hydrogen) atoms. The van der Waals surface area contributed by atoms with Crippen molar-refractivity contribution < 1.29 is 9.59 Å². The number of halogens is 2. The predicted molar refractivity (Wildman–Crippen MR) is 80.8 cm³/mol. The molecule has 0 saturated heterocycles. The Labute approximate surface area is 135 Å². The second-order valence-electron chi connectivity index (χ2n) is 3.69. The first-order valence-corrected chi connectivity index (χ1v) is 7.04. The molecule has 0 aliphatic rings. The summed E-state index contributed by atoms with van der Waals surface area (Å²) in [5.41, 5.74) is 8.57. The molecular weight excluding hydrogens is 406 g/mol. The van der Waals surface area contributed by atoms with Gasteiger partial charge in [-0.3, -0.25) is 14.6 Å². The summed E-state index contributed by atoms with van der Waals surface area (Å²) >= 11 is 6.32. The van der Waals surface area contributed by atoms with Gasteiger partial charge >= 0.3 is 0 Å². The lowest BCUT2D eigenvalue weighted by molar-refractivity contribution is 0.0995. The van der Waals surface area contributed by atoms with Crippen LogP contribution in [-0.4, -0.2) is 21.7 Å². The van der Waals surface area contributed by atoms with Crippen molar-refractivity contribution in [2.75, 3.05) is 0 Å². The van der Waals surface area contributed by atoms with Gasteiger partial charge in [0.1, 0.15) is 16.0 Å². The molecule has 2 aromatic rings. The molecule has 0 bridgehead atoms. The van der Waals surface area contributed by atoms with E-state index in [9.17, 15) is 9.59 Å². The largest absolute Gasteiger partial charge is 0.287 e. The van der Waals surface area contributed by atoms with Gasteiger partial charge in [0.25, 0.3) is 5.91 Å². The van der Waals surface area contributed by atoms with E-state index in [2.05, 4.69) is 51.9 Å². The van der Waals surface area contributed by atoms with E-state index in [0.717, 1.165) is 0 Å². The van der Waals surface area contributed by atoms with E-state index in [4.69, 9.17) is 5.53 Å². The van der Waals surface area contributed by atoms with Crippen molar-refractivity contribution in [1.29, 1.82) is 0 Å². The molecule has 2 aromatic heterocycles. The Morgan fingerprint density at radius 3 is 2.67 bits per heavy atom. The second kappa shape index (κ2) is 6.57. The van der Waals surface area contributed by atoms with Gasteiger partial charge in [0.15, 0.2) is 0 Å². The van der Waals surface area contributed by atoms with Gasteiger partial charge < -0.3 is 0 Å². The van der Waals surface area contributed by atoms with Crippen LogP contribution in [0, 0.1) is 0 Å². The molecule has 1 amide bonds. The average molecular weight is 411 g/mol. The summed E-state index contributed by atoms with van der Waals surface area (Å²) in [7, 11) is 0. The number of aromatic nitrogens is 2. The number of carbonyl (C=O) groups is 2. The van der Waals surface area contributed by atoms with Crippen LogP contribution >= 0.6 is 31.9 Å². The lowest BCUT2D eigenvalue weighted by Crippen LogP contribution is -2.09. The fraction of sp³-hybridized carbons (Fsp3) is 0. The maximum atomic E-state index is 12.4. The molecule has 0 radical (unpaired) electrons. The monoisotopic (exact) mass is 409 g/mol. The smallest absolute Gasteiger partial charge is 0.268 e. The van der Waals surface area contributed by atoms with Crippen molar-refractivity contribution >= 4 is 43.6 Å². The summed E-state index contributed by atoms with van der Waals surface area (Å²) in [5.74, 6) is -1.26. The first-order chi connectivity index (χ1) is 10.0. The fourth-order valence-corrected chi connectivity index (χ4v) is 2.46. The summed E-state index contributed by atoms with van der Waals surface area (Å²) in [4.78, 5) is 34.3. The van der Waals surface area contributed by atoms with Crippen LogP contribution in [-0.2, 0) is 0 Å². The zero-order chi connectivity index (χ0) is 15.4. The Balaban J connectivity index is 2.50. The topological polar surface area (TPSA) is 109 Å². The molecule has 104 valence electrons. The zero-order valence-corrected chi connectivity index (χ0v) is 13.4. The third kappa shape index (κ3) is 3.33. The number of azide groups is 1. The summed E-state index contributed by atoms with van der Waals surface area (Å²) in [6.07, 6.45) is 1.29. The zero-order valence-electron chi connectivity index (χ0n) is 10.2. The molecule has 0 N–H and O–H groups in total. The third-order valence-corrected chi connectivity index (χ3v) is 3.66. The maximum absolute atomic E-state index is 12.4. The molecule has 2 heterocycles. The van der Waals surface area contributed by atoms with Crippen LogP contribution in [0.2, 0.25) is 0 Å².